The van der Waals surface area contributed by atoms with Gasteiger partial charge in [0, 0.05) is 0 Å². The number of aromatic carboxylic acids is 2. The third kappa shape index (κ3) is 9.34. The molecule has 2 aromatic carbocycles. The smallest absolute Gasteiger partial charge is 0.534 e. The second kappa shape index (κ2) is 16.6. The quantitative estimate of drug-likeness (QED) is 0.180. The number of rotatable bonds is 11. The third-order valence-corrected chi connectivity index (χ3v) is 7.90. The molecule has 4 rings (SSSR count). The number of carboxylic acid groups (broad SMARTS) is 2. The van der Waals surface area contributed by atoms with E-state index in [1.165, 1.54) is 36.5 Å². The van der Waals surface area contributed by atoms with Crippen molar-refractivity contribution in [2.75, 3.05) is 30.6 Å². The summed E-state index contributed by atoms with van der Waals surface area (Å²) in [4.78, 5) is 57.3. The lowest BCUT2D eigenvalue weighted by molar-refractivity contribution is -0.119. The summed E-state index contributed by atoms with van der Waals surface area (Å²) in [5.74, 6) is -3.66. The number of thioether (sulfide) groups is 2. The number of carbonyl (C=O) groups is 5. The van der Waals surface area contributed by atoms with Crippen LogP contribution in [-0.2, 0) is 27.2 Å². The zero-order valence-electron chi connectivity index (χ0n) is 25.5. The molecule has 0 spiro atoms. The summed E-state index contributed by atoms with van der Waals surface area (Å²) in [6, 6.07) is 6.49. The Hall–Kier alpha value is -3.86. The third-order valence-electron chi connectivity index (χ3n) is 6.80. The van der Waals surface area contributed by atoms with Crippen LogP contribution in [0.4, 0.5) is 0 Å². The van der Waals surface area contributed by atoms with Crippen LogP contribution in [0.1, 0.15) is 44.3 Å². The summed E-state index contributed by atoms with van der Waals surface area (Å²) in [5, 5.41) is 44.2. The van der Waals surface area contributed by atoms with Crippen LogP contribution < -0.4 is 24.7 Å². The van der Waals surface area contributed by atoms with E-state index in [0.29, 0.717) is 28.9 Å². The van der Waals surface area contributed by atoms with Gasteiger partial charge in [0.2, 0.25) is 11.8 Å². The summed E-state index contributed by atoms with van der Waals surface area (Å²) >= 11 is 2.73. The highest BCUT2D eigenvalue weighted by atomic mass is 32.2. The summed E-state index contributed by atoms with van der Waals surface area (Å²) < 4.78 is 15.9. The number of fused-ring (bicyclic) bond motifs is 2. The molecule has 0 radical (unpaired) electrons. The van der Waals surface area contributed by atoms with E-state index in [1.807, 2.05) is 6.26 Å². The molecule has 2 amide bonds. The number of carbonyl (C=O) groups excluding carboxylic acids is 3. The lowest BCUT2D eigenvalue weighted by Gasteiger charge is -2.29. The molecule has 246 valence electrons. The predicted molar refractivity (Wildman–Crippen MR) is 173 cm³/mol. The Balaban J connectivity index is 0.000000254. The monoisotopic (exact) mass is 676 g/mol. The van der Waals surface area contributed by atoms with E-state index in [4.69, 9.17) is 14.0 Å². The molecule has 0 unspecified atom stereocenters. The highest BCUT2D eigenvalue weighted by Crippen LogP contribution is 2.36. The first kappa shape index (κ1) is 36.6. The molecule has 46 heavy (non-hydrogen) atoms. The zero-order valence-corrected chi connectivity index (χ0v) is 27.2. The maximum Gasteiger partial charge on any atom is 0.547 e. The van der Waals surface area contributed by atoms with Gasteiger partial charge < -0.3 is 44.9 Å². The first-order valence-electron chi connectivity index (χ1n) is 13.9. The normalized spacial score (nSPS) is 16.3. The highest BCUT2D eigenvalue weighted by molar-refractivity contribution is 7.99. The lowest BCUT2D eigenvalue weighted by atomic mass is 9.72. The van der Waals surface area contributed by atoms with E-state index in [1.54, 1.807) is 31.4 Å². The van der Waals surface area contributed by atoms with Gasteiger partial charge in [0.15, 0.2) is 5.78 Å². The van der Waals surface area contributed by atoms with Crippen molar-refractivity contribution in [2.45, 2.75) is 38.6 Å². The number of nitrogens with one attached hydrogen (secondary N) is 2. The van der Waals surface area contributed by atoms with Gasteiger partial charge in [-0.15, -0.1) is 0 Å². The summed E-state index contributed by atoms with van der Waals surface area (Å²) in [5.41, 5.74) is 1.55. The molecule has 2 aliphatic heterocycles. The summed E-state index contributed by atoms with van der Waals surface area (Å²) in [6.07, 6.45) is 4.13. The summed E-state index contributed by atoms with van der Waals surface area (Å²) in [6.45, 7) is 2.72. The maximum absolute atomic E-state index is 11.7. The number of benzene rings is 2. The molecule has 0 aromatic heterocycles. The highest BCUT2D eigenvalue weighted by Gasteiger charge is 2.39. The van der Waals surface area contributed by atoms with E-state index < -0.39 is 38.1 Å². The lowest BCUT2D eigenvalue weighted by Crippen LogP contribution is -2.53. The SMILES string of the molecule is CSCC(=O)N[C@H]1Cc2ccc(C)c(C(=O)O)c2OB1O.CSCC(=O)N[C@H]1Cc2ccc(OCC(C)=O)c(C(=O)O)c2OB1O. The van der Waals surface area contributed by atoms with E-state index in [2.05, 4.69) is 10.6 Å². The minimum atomic E-state index is -1.39. The van der Waals surface area contributed by atoms with E-state index >= 15 is 0 Å². The van der Waals surface area contributed by atoms with Crippen molar-refractivity contribution in [3.63, 3.8) is 0 Å². The van der Waals surface area contributed by atoms with Gasteiger partial charge >= 0.3 is 26.2 Å². The van der Waals surface area contributed by atoms with Crippen molar-refractivity contribution in [1.29, 1.82) is 0 Å². The number of amides is 2. The number of carboxylic acids is 2. The number of aryl methyl sites for hydroxylation is 1. The van der Waals surface area contributed by atoms with Gasteiger partial charge in [-0.2, -0.15) is 23.5 Å². The molecule has 0 bridgehead atoms. The Kier molecular flexibility index (Phi) is 13.2. The Morgan fingerprint density at radius 3 is 1.72 bits per heavy atom. The summed E-state index contributed by atoms with van der Waals surface area (Å²) in [7, 11) is -2.65. The Morgan fingerprint density at radius 2 is 1.28 bits per heavy atom. The molecular weight excluding hydrogens is 642 g/mol. The molecule has 6 N–H and O–H groups in total. The van der Waals surface area contributed by atoms with Gasteiger partial charge in [-0.05, 0) is 62.0 Å². The van der Waals surface area contributed by atoms with E-state index in [0.717, 1.165) is 0 Å². The van der Waals surface area contributed by atoms with Crippen LogP contribution in [-0.4, -0.2) is 107 Å². The minimum absolute atomic E-state index is 0.0153. The van der Waals surface area contributed by atoms with Gasteiger partial charge in [-0.25, -0.2) is 9.59 Å². The molecule has 0 saturated heterocycles. The van der Waals surface area contributed by atoms with Crippen molar-refractivity contribution >= 4 is 67.3 Å². The average molecular weight is 676 g/mol. The number of hydrogen-bond donors (Lipinski definition) is 6. The molecule has 2 aromatic rings. The van der Waals surface area contributed by atoms with Crippen LogP contribution in [0.5, 0.6) is 17.2 Å². The van der Waals surface area contributed by atoms with Crippen LogP contribution in [0.25, 0.3) is 0 Å². The van der Waals surface area contributed by atoms with Gasteiger partial charge in [-0.1, -0.05) is 18.2 Å². The second-order valence-electron chi connectivity index (χ2n) is 10.4. The number of hydrogen-bond acceptors (Lipinski definition) is 12. The minimum Gasteiger partial charge on any atom is -0.534 e. The van der Waals surface area contributed by atoms with Crippen molar-refractivity contribution in [3.05, 3.63) is 52.1 Å². The standard InChI is InChI=1S/C15H18BNO7S.C13H16BNO5S/c1-8(18)6-23-10-4-3-9-5-11(17-12(19)7-25-2)16(22)24-14(9)13(10)15(20)21;1-7-3-4-8-5-9(15-10(16)6-21-2)14(19)20-12(8)11(7)13(17)18/h3-4,11,22H,5-7H2,1-2H3,(H,17,19)(H,20,21);3-4,9,19H,5-6H2,1-2H3,(H,15,16)(H,17,18)/t11-;9-/m00/s1. The van der Waals surface area contributed by atoms with Gasteiger partial charge in [0.05, 0.1) is 23.4 Å². The van der Waals surface area contributed by atoms with Crippen LogP contribution in [0.15, 0.2) is 24.3 Å². The van der Waals surface area contributed by atoms with Crippen LogP contribution >= 0.6 is 23.5 Å². The molecule has 0 saturated carbocycles. The van der Waals surface area contributed by atoms with Gasteiger partial charge in [0.1, 0.15) is 35.0 Å². The maximum atomic E-state index is 11.7. The Labute approximate surface area is 274 Å². The van der Waals surface area contributed by atoms with Crippen molar-refractivity contribution < 1.29 is 58.3 Å². The largest absolute Gasteiger partial charge is 0.547 e. The average Bonchev–Trinajstić information content (AvgIpc) is 2.97. The molecule has 0 fully saturated rings. The first-order chi connectivity index (χ1) is 21.8. The number of ketones is 1. The van der Waals surface area contributed by atoms with Crippen LogP contribution in [0.3, 0.4) is 0 Å². The molecular formula is C28H34B2N2O12S2. The van der Waals surface area contributed by atoms with Crippen molar-refractivity contribution in [1.82, 2.24) is 10.6 Å². The molecule has 14 nitrogen and oxygen atoms in total. The fourth-order valence-corrected chi connectivity index (χ4v) is 5.47. The molecule has 2 aliphatic rings. The Bertz CT molecular complexity index is 1490. The second-order valence-corrected chi connectivity index (χ2v) is 12.1. The number of Topliss-reactive ketones (excluding diaryl/α,β-unsaturated/α-hetero) is 1. The molecule has 2 atom stereocenters. The fourth-order valence-electron chi connectivity index (χ4n) is 4.78. The predicted octanol–water partition coefficient (Wildman–Crippen LogP) is 0.651. The van der Waals surface area contributed by atoms with Crippen LogP contribution in [0.2, 0.25) is 0 Å². The Morgan fingerprint density at radius 1 is 0.826 bits per heavy atom. The molecule has 18 heteroatoms. The van der Waals surface area contributed by atoms with Crippen LogP contribution in [0, 0.1) is 6.92 Å². The van der Waals surface area contributed by atoms with Gasteiger partial charge in [-0.3, -0.25) is 14.4 Å². The zero-order chi connectivity index (χ0) is 34.1. The van der Waals surface area contributed by atoms with Gasteiger partial charge in [0.25, 0.3) is 0 Å². The fraction of sp³-hybridized carbons (Fsp3) is 0.393. The van der Waals surface area contributed by atoms with E-state index in [-0.39, 0.29) is 64.8 Å². The van der Waals surface area contributed by atoms with Crippen molar-refractivity contribution in [3.8, 4) is 17.2 Å². The first-order valence-corrected chi connectivity index (χ1v) is 16.7. The van der Waals surface area contributed by atoms with Crippen molar-refractivity contribution in [2.24, 2.45) is 0 Å². The number of ether oxygens (including phenoxy) is 1. The van der Waals surface area contributed by atoms with E-state index in [9.17, 15) is 44.2 Å². The molecule has 2 heterocycles. The molecule has 0 aliphatic carbocycles. The topological polar surface area (TPSA) is 218 Å².